The zero-order chi connectivity index (χ0) is 9.27. The lowest BCUT2D eigenvalue weighted by molar-refractivity contribution is -0.171. The number of hydrogen-bond donors (Lipinski definition) is 1. The highest BCUT2D eigenvalue weighted by molar-refractivity contribution is 5.85. The van der Waals surface area contributed by atoms with Crippen molar-refractivity contribution in [3.63, 3.8) is 0 Å². The van der Waals surface area contributed by atoms with Gasteiger partial charge in [-0.2, -0.15) is 0 Å². The zero-order valence-electron chi connectivity index (χ0n) is 8.39. The summed E-state index contributed by atoms with van der Waals surface area (Å²) in [6, 6.07) is 0. The van der Waals surface area contributed by atoms with Crippen LogP contribution in [-0.4, -0.2) is 11.4 Å². The molecule has 13 heavy (non-hydrogen) atoms. The maximum atomic E-state index is 11.0. The molecule has 2 bridgehead atoms. The molecule has 3 unspecified atom stereocenters. The van der Waals surface area contributed by atoms with Gasteiger partial charge in [0.05, 0.1) is 5.54 Å². The molecule has 0 aromatic heterocycles. The molecule has 1 aliphatic heterocycles. The van der Waals surface area contributed by atoms with Gasteiger partial charge in [0.25, 0.3) is 0 Å². The summed E-state index contributed by atoms with van der Waals surface area (Å²) in [5.74, 6) is 1.96. The standard InChI is InChI=1S/C11H17NO/c1-10(2)7-3-4-11(8(10)5-7)6-9(13)12-11/h7-8H,3-6H2,1-2H3,(H,12,13). The molecule has 0 aromatic rings. The Hall–Kier alpha value is -0.530. The van der Waals surface area contributed by atoms with Crippen LogP contribution in [0.3, 0.4) is 0 Å². The molecule has 4 aliphatic rings. The molecule has 4 rings (SSSR count). The number of carbonyl (C=O) groups is 1. The number of β-lactam (4-membered cyclic amide) rings is 1. The fourth-order valence-corrected chi connectivity index (χ4v) is 3.96. The lowest BCUT2D eigenvalue weighted by Crippen LogP contribution is -2.74. The van der Waals surface area contributed by atoms with E-state index in [1.165, 1.54) is 19.3 Å². The monoisotopic (exact) mass is 179 g/mol. The Balaban J connectivity index is 1.88. The van der Waals surface area contributed by atoms with E-state index >= 15 is 0 Å². The molecule has 1 spiro atoms. The highest BCUT2D eigenvalue weighted by Gasteiger charge is 2.64. The minimum absolute atomic E-state index is 0.231. The van der Waals surface area contributed by atoms with Crippen LogP contribution in [0.1, 0.15) is 39.5 Å². The van der Waals surface area contributed by atoms with Crippen molar-refractivity contribution in [3.8, 4) is 0 Å². The summed E-state index contributed by atoms with van der Waals surface area (Å²) < 4.78 is 0. The van der Waals surface area contributed by atoms with Gasteiger partial charge >= 0.3 is 0 Å². The summed E-state index contributed by atoms with van der Waals surface area (Å²) in [6.07, 6.45) is 4.71. The largest absolute Gasteiger partial charge is 0.350 e. The van der Waals surface area contributed by atoms with Crippen molar-refractivity contribution in [2.45, 2.75) is 45.1 Å². The van der Waals surface area contributed by atoms with Crippen LogP contribution >= 0.6 is 0 Å². The summed E-state index contributed by atoms with van der Waals surface area (Å²) in [4.78, 5) is 11.0. The van der Waals surface area contributed by atoms with E-state index in [2.05, 4.69) is 19.2 Å². The van der Waals surface area contributed by atoms with Crippen LogP contribution in [0.4, 0.5) is 0 Å². The van der Waals surface area contributed by atoms with Gasteiger partial charge in [-0.15, -0.1) is 0 Å². The predicted octanol–water partition coefficient (Wildman–Crippen LogP) is 1.70. The van der Waals surface area contributed by atoms with Crippen molar-refractivity contribution in [1.82, 2.24) is 5.32 Å². The molecule has 2 heteroatoms. The van der Waals surface area contributed by atoms with E-state index < -0.39 is 0 Å². The fraction of sp³-hybridized carbons (Fsp3) is 0.909. The molecule has 3 atom stereocenters. The molecular formula is C11H17NO. The highest BCUT2D eigenvalue weighted by atomic mass is 16.2. The average molecular weight is 179 g/mol. The number of carbonyl (C=O) groups excluding carboxylic acids is 1. The van der Waals surface area contributed by atoms with Gasteiger partial charge in [-0.05, 0) is 36.5 Å². The van der Waals surface area contributed by atoms with Gasteiger partial charge in [0.15, 0.2) is 0 Å². The van der Waals surface area contributed by atoms with Crippen molar-refractivity contribution < 1.29 is 4.79 Å². The molecule has 0 radical (unpaired) electrons. The third kappa shape index (κ3) is 0.733. The van der Waals surface area contributed by atoms with E-state index in [-0.39, 0.29) is 11.4 Å². The minimum Gasteiger partial charge on any atom is -0.350 e. The summed E-state index contributed by atoms with van der Waals surface area (Å²) >= 11 is 0. The van der Waals surface area contributed by atoms with Crippen LogP contribution in [0.15, 0.2) is 0 Å². The molecule has 72 valence electrons. The van der Waals surface area contributed by atoms with Gasteiger partial charge in [0.2, 0.25) is 5.91 Å². The van der Waals surface area contributed by atoms with E-state index in [0.717, 1.165) is 18.3 Å². The molecular weight excluding hydrogens is 162 g/mol. The van der Waals surface area contributed by atoms with Crippen molar-refractivity contribution in [2.75, 3.05) is 0 Å². The number of nitrogens with one attached hydrogen (secondary N) is 1. The summed E-state index contributed by atoms with van der Waals surface area (Å²) in [6.45, 7) is 4.74. The van der Waals surface area contributed by atoms with Crippen LogP contribution in [0.25, 0.3) is 0 Å². The Morgan fingerprint density at radius 1 is 1.46 bits per heavy atom. The van der Waals surface area contributed by atoms with E-state index in [4.69, 9.17) is 0 Å². The Labute approximate surface area is 79.1 Å². The van der Waals surface area contributed by atoms with Gasteiger partial charge in [-0.3, -0.25) is 4.79 Å². The van der Waals surface area contributed by atoms with Crippen LogP contribution in [0.5, 0.6) is 0 Å². The molecule has 1 N–H and O–H groups in total. The zero-order valence-corrected chi connectivity index (χ0v) is 8.39. The van der Waals surface area contributed by atoms with E-state index in [1.807, 2.05) is 0 Å². The molecule has 3 aliphatic carbocycles. The normalized spacial score (nSPS) is 50.8. The average Bonchev–Trinajstić information content (AvgIpc) is 2.01. The van der Waals surface area contributed by atoms with Crippen LogP contribution in [0, 0.1) is 17.3 Å². The predicted molar refractivity (Wildman–Crippen MR) is 50.1 cm³/mol. The molecule has 3 saturated carbocycles. The molecule has 2 nitrogen and oxygen atoms in total. The van der Waals surface area contributed by atoms with Gasteiger partial charge in [0, 0.05) is 6.42 Å². The molecule has 4 fully saturated rings. The second-order valence-electron chi connectivity index (χ2n) is 5.73. The van der Waals surface area contributed by atoms with Crippen LogP contribution < -0.4 is 5.32 Å². The number of rotatable bonds is 0. The SMILES string of the molecule is CC1(C)C2CCC3(CC(=O)N3)C1C2. The van der Waals surface area contributed by atoms with E-state index in [9.17, 15) is 4.79 Å². The highest BCUT2D eigenvalue weighted by Crippen LogP contribution is 2.64. The molecule has 1 amide bonds. The van der Waals surface area contributed by atoms with Gasteiger partial charge < -0.3 is 5.32 Å². The second-order valence-corrected chi connectivity index (χ2v) is 5.73. The lowest BCUT2D eigenvalue weighted by Gasteiger charge is -2.67. The Kier molecular flexibility index (Phi) is 1.17. The van der Waals surface area contributed by atoms with E-state index in [1.54, 1.807) is 0 Å². The minimum atomic E-state index is 0.231. The molecule has 1 heterocycles. The first-order valence-corrected chi connectivity index (χ1v) is 5.36. The van der Waals surface area contributed by atoms with Gasteiger partial charge in [-0.1, -0.05) is 13.8 Å². The first-order valence-electron chi connectivity index (χ1n) is 5.36. The van der Waals surface area contributed by atoms with Crippen LogP contribution in [0.2, 0.25) is 0 Å². The van der Waals surface area contributed by atoms with Crippen molar-refractivity contribution in [2.24, 2.45) is 17.3 Å². The Morgan fingerprint density at radius 2 is 2.15 bits per heavy atom. The topological polar surface area (TPSA) is 29.1 Å². The maximum Gasteiger partial charge on any atom is 0.222 e. The Bertz CT molecular complexity index is 272. The van der Waals surface area contributed by atoms with Crippen molar-refractivity contribution in [1.29, 1.82) is 0 Å². The first-order chi connectivity index (χ1) is 6.05. The maximum absolute atomic E-state index is 11.0. The lowest BCUT2D eigenvalue weighted by atomic mass is 9.41. The molecule has 1 saturated heterocycles. The third-order valence-electron chi connectivity index (χ3n) is 4.94. The van der Waals surface area contributed by atoms with Gasteiger partial charge in [0.1, 0.15) is 0 Å². The quantitative estimate of drug-likeness (QED) is 0.563. The number of hydrogen-bond acceptors (Lipinski definition) is 1. The van der Waals surface area contributed by atoms with Crippen LogP contribution in [-0.2, 0) is 4.79 Å². The number of fused-ring (bicyclic) bond motifs is 1. The smallest absolute Gasteiger partial charge is 0.222 e. The second kappa shape index (κ2) is 1.94. The third-order valence-corrected chi connectivity index (χ3v) is 4.94. The van der Waals surface area contributed by atoms with E-state index in [0.29, 0.717) is 5.41 Å². The Morgan fingerprint density at radius 3 is 2.62 bits per heavy atom. The van der Waals surface area contributed by atoms with Crippen molar-refractivity contribution in [3.05, 3.63) is 0 Å². The number of amides is 1. The van der Waals surface area contributed by atoms with Crippen molar-refractivity contribution >= 4 is 5.91 Å². The fourth-order valence-electron chi connectivity index (χ4n) is 3.96. The summed E-state index contributed by atoms with van der Waals surface area (Å²) in [5, 5.41) is 3.16. The van der Waals surface area contributed by atoms with Gasteiger partial charge in [-0.25, -0.2) is 0 Å². The summed E-state index contributed by atoms with van der Waals surface area (Å²) in [5.41, 5.74) is 0.723. The summed E-state index contributed by atoms with van der Waals surface area (Å²) in [7, 11) is 0. The first kappa shape index (κ1) is 7.84. The molecule has 0 aromatic carbocycles.